The molecule has 0 radical (unpaired) electrons. The molecule has 0 spiro atoms. The van der Waals surface area contributed by atoms with Gasteiger partial charge < -0.3 is 15.1 Å². The number of furan rings is 1. The lowest BCUT2D eigenvalue weighted by atomic mass is 10.1. The molecule has 3 nitrogen and oxygen atoms in total. The largest absolute Gasteiger partial charge is 0.472 e. The molecule has 0 unspecified atom stereocenters. The van der Waals surface area contributed by atoms with Gasteiger partial charge in [-0.3, -0.25) is 0 Å². The van der Waals surface area contributed by atoms with Gasteiger partial charge >= 0.3 is 0 Å². The van der Waals surface area contributed by atoms with Crippen molar-refractivity contribution in [1.29, 1.82) is 0 Å². The molecule has 18 heavy (non-hydrogen) atoms. The predicted octanol–water partition coefficient (Wildman–Crippen LogP) is 3.59. The van der Waals surface area contributed by atoms with Crippen LogP contribution in [0.3, 0.4) is 0 Å². The Morgan fingerprint density at radius 2 is 2.17 bits per heavy atom. The van der Waals surface area contributed by atoms with Crippen LogP contribution < -0.4 is 10.6 Å². The lowest BCUT2D eigenvalue weighted by molar-refractivity contribution is 0.563. The van der Waals surface area contributed by atoms with Crippen molar-refractivity contribution in [2.75, 3.05) is 11.9 Å². The second-order valence-electron chi connectivity index (χ2n) is 4.49. The highest BCUT2D eigenvalue weighted by molar-refractivity contribution is 6.33. The van der Waals surface area contributed by atoms with Gasteiger partial charge in [0.1, 0.15) is 0 Å². The minimum absolute atomic E-state index is 0.00395. The van der Waals surface area contributed by atoms with Gasteiger partial charge in [0.25, 0.3) is 0 Å². The number of nitrogens with two attached hydrogens (primary N) is 1. The van der Waals surface area contributed by atoms with Crippen molar-refractivity contribution in [3.8, 4) is 0 Å². The van der Waals surface area contributed by atoms with Crippen molar-refractivity contribution in [3.63, 3.8) is 0 Å². The van der Waals surface area contributed by atoms with Crippen LogP contribution in [0.4, 0.5) is 5.69 Å². The first-order valence-electron chi connectivity index (χ1n) is 5.85. The van der Waals surface area contributed by atoms with E-state index in [1.165, 1.54) is 0 Å². The third-order valence-corrected chi connectivity index (χ3v) is 3.21. The van der Waals surface area contributed by atoms with Gasteiger partial charge in [-0.2, -0.15) is 0 Å². The zero-order valence-corrected chi connectivity index (χ0v) is 11.3. The quantitative estimate of drug-likeness (QED) is 0.918. The Kier molecular flexibility index (Phi) is 3.94. The second kappa shape index (κ2) is 5.46. The SMILES string of the molecule is C[C@@H](N)c1ccc(N(C)Cc2ccoc2)c(Cl)c1. The van der Waals surface area contributed by atoms with Crippen LogP contribution in [0.2, 0.25) is 5.02 Å². The van der Waals surface area contributed by atoms with Crippen LogP contribution in [0.15, 0.2) is 41.2 Å². The number of anilines is 1. The van der Waals surface area contributed by atoms with Gasteiger partial charge in [0.05, 0.1) is 23.2 Å². The highest BCUT2D eigenvalue weighted by Gasteiger charge is 2.09. The lowest BCUT2D eigenvalue weighted by Crippen LogP contribution is -2.16. The fourth-order valence-corrected chi connectivity index (χ4v) is 2.19. The van der Waals surface area contributed by atoms with E-state index in [0.29, 0.717) is 0 Å². The summed E-state index contributed by atoms with van der Waals surface area (Å²) in [6.07, 6.45) is 3.41. The molecule has 0 bridgehead atoms. The number of hydrogen-bond donors (Lipinski definition) is 1. The second-order valence-corrected chi connectivity index (χ2v) is 4.89. The number of halogens is 1. The highest BCUT2D eigenvalue weighted by atomic mass is 35.5. The van der Waals surface area contributed by atoms with Gasteiger partial charge in [0, 0.05) is 25.2 Å². The summed E-state index contributed by atoms with van der Waals surface area (Å²) < 4.78 is 5.06. The minimum atomic E-state index is -0.00395. The van der Waals surface area contributed by atoms with Crippen molar-refractivity contribution in [3.05, 3.63) is 52.9 Å². The van der Waals surface area contributed by atoms with Crippen LogP contribution >= 0.6 is 11.6 Å². The van der Waals surface area contributed by atoms with Crippen LogP contribution in [0.5, 0.6) is 0 Å². The van der Waals surface area contributed by atoms with E-state index in [-0.39, 0.29) is 6.04 Å². The maximum Gasteiger partial charge on any atom is 0.0952 e. The van der Waals surface area contributed by atoms with Gasteiger partial charge in [-0.25, -0.2) is 0 Å². The molecule has 2 aromatic rings. The normalized spacial score (nSPS) is 12.4. The minimum Gasteiger partial charge on any atom is -0.472 e. The van der Waals surface area contributed by atoms with E-state index in [4.69, 9.17) is 21.8 Å². The molecule has 1 aromatic carbocycles. The molecule has 2 rings (SSSR count). The van der Waals surface area contributed by atoms with Crippen LogP contribution in [-0.2, 0) is 6.54 Å². The topological polar surface area (TPSA) is 42.4 Å². The fourth-order valence-electron chi connectivity index (χ4n) is 1.86. The van der Waals surface area contributed by atoms with E-state index < -0.39 is 0 Å². The Labute approximate surface area is 112 Å². The van der Waals surface area contributed by atoms with Gasteiger partial charge in [-0.05, 0) is 30.7 Å². The molecule has 0 saturated carbocycles. The van der Waals surface area contributed by atoms with E-state index >= 15 is 0 Å². The van der Waals surface area contributed by atoms with E-state index in [0.717, 1.165) is 28.4 Å². The third kappa shape index (κ3) is 2.86. The average molecular weight is 265 g/mol. The molecule has 2 N–H and O–H groups in total. The Morgan fingerprint density at radius 3 is 2.72 bits per heavy atom. The fraction of sp³-hybridized carbons (Fsp3) is 0.286. The maximum absolute atomic E-state index is 6.29. The van der Waals surface area contributed by atoms with Crippen LogP contribution in [0, 0.1) is 0 Å². The molecular formula is C14H17ClN2O. The molecule has 4 heteroatoms. The first-order chi connectivity index (χ1) is 8.58. The van der Waals surface area contributed by atoms with Crippen molar-refractivity contribution in [2.45, 2.75) is 19.5 Å². The van der Waals surface area contributed by atoms with Crippen LogP contribution in [0.25, 0.3) is 0 Å². The summed E-state index contributed by atoms with van der Waals surface area (Å²) in [6, 6.07) is 7.88. The maximum atomic E-state index is 6.29. The summed E-state index contributed by atoms with van der Waals surface area (Å²) in [7, 11) is 2.00. The molecule has 96 valence electrons. The predicted molar refractivity (Wildman–Crippen MR) is 74.9 cm³/mol. The van der Waals surface area contributed by atoms with Crippen LogP contribution in [0.1, 0.15) is 24.1 Å². The molecule has 0 aliphatic carbocycles. The number of nitrogens with zero attached hydrogens (tertiary/aromatic N) is 1. The Balaban J connectivity index is 2.17. The highest BCUT2D eigenvalue weighted by Crippen LogP contribution is 2.28. The van der Waals surface area contributed by atoms with E-state index in [9.17, 15) is 0 Å². The zero-order chi connectivity index (χ0) is 13.1. The molecule has 0 aliphatic rings. The number of hydrogen-bond acceptors (Lipinski definition) is 3. The van der Waals surface area contributed by atoms with Crippen molar-refractivity contribution in [1.82, 2.24) is 0 Å². The smallest absolute Gasteiger partial charge is 0.0952 e. The summed E-state index contributed by atoms with van der Waals surface area (Å²) in [4.78, 5) is 2.08. The third-order valence-electron chi connectivity index (χ3n) is 2.91. The lowest BCUT2D eigenvalue weighted by Gasteiger charge is -2.20. The van der Waals surface area contributed by atoms with Gasteiger partial charge in [0.15, 0.2) is 0 Å². The first kappa shape index (κ1) is 13.0. The van der Waals surface area contributed by atoms with Gasteiger partial charge in [-0.1, -0.05) is 17.7 Å². The molecule has 1 atom stereocenters. The molecule has 0 amide bonds. The Morgan fingerprint density at radius 1 is 1.39 bits per heavy atom. The van der Waals surface area contributed by atoms with E-state index in [2.05, 4.69) is 4.90 Å². The standard InChI is InChI=1S/C14H17ClN2O/c1-10(16)12-3-4-14(13(15)7-12)17(2)8-11-5-6-18-9-11/h3-7,9-10H,8,16H2,1-2H3/t10-/m1/s1. The summed E-state index contributed by atoms with van der Waals surface area (Å²) in [5.41, 5.74) is 8.98. The molecule has 1 aromatic heterocycles. The van der Waals surface area contributed by atoms with E-state index in [1.54, 1.807) is 12.5 Å². The van der Waals surface area contributed by atoms with E-state index in [1.807, 2.05) is 38.2 Å². The average Bonchev–Trinajstić information content (AvgIpc) is 2.81. The molecule has 0 fully saturated rings. The molecule has 0 aliphatic heterocycles. The van der Waals surface area contributed by atoms with Crippen LogP contribution in [-0.4, -0.2) is 7.05 Å². The Bertz CT molecular complexity index is 509. The van der Waals surface area contributed by atoms with Crippen molar-refractivity contribution < 1.29 is 4.42 Å². The summed E-state index contributed by atoms with van der Waals surface area (Å²) in [5, 5.41) is 0.718. The zero-order valence-electron chi connectivity index (χ0n) is 10.6. The van der Waals surface area contributed by atoms with Gasteiger partial charge in [0.2, 0.25) is 0 Å². The van der Waals surface area contributed by atoms with Crippen molar-refractivity contribution in [2.24, 2.45) is 5.73 Å². The van der Waals surface area contributed by atoms with Crippen molar-refractivity contribution >= 4 is 17.3 Å². The molecule has 0 saturated heterocycles. The molecular weight excluding hydrogens is 248 g/mol. The summed E-state index contributed by atoms with van der Waals surface area (Å²) in [5.74, 6) is 0. The summed E-state index contributed by atoms with van der Waals surface area (Å²) >= 11 is 6.29. The molecule has 1 heterocycles. The number of benzene rings is 1. The van der Waals surface area contributed by atoms with Gasteiger partial charge in [-0.15, -0.1) is 0 Å². The summed E-state index contributed by atoms with van der Waals surface area (Å²) in [6.45, 7) is 2.70. The number of rotatable bonds is 4. The monoisotopic (exact) mass is 264 g/mol. The Hall–Kier alpha value is -1.45. The first-order valence-corrected chi connectivity index (χ1v) is 6.23.